The Morgan fingerprint density at radius 3 is 2.90 bits per heavy atom. The number of nitrogens with zero attached hydrogens (tertiary/aromatic N) is 1. The van der Waals surface area contributed by atoms with E-state index in [1.54, 1.807) is 0 Å². The van der Waals surface area contributed by atoms with Crippen molar-refractivity contribution in [1.29, 1.82) is 0 Å². The summed E-state index contributed by atoms with van der Waals surface area (Å²) in [6.45, 7) is 1.48. The molecule has 0 fully saturated rings. The number of rotatable bonds is 3. The van der Waals surface area contributed by atoms with Crippen molar-refractivity contribution < 1.29 is 4.74 Å². The average molecular weight is 302 g/mol. The van der Waals surface area contributed by atoms with E-state index < -0.39 is 0 Å². The number of benzene rings is 2. The lowest BCUT2D eigenvalue weighted by Gasteiger charge is -2.09. The molecule has 3 rings (SSSR count). The van der Waals surface area contributed by atoms with Gasteiger partial charge < -0.3 is 15.4 Å². The van der Waals surface area contributed by atoms with Gasteiger partial charge in [0, 0.05) is 11.6 Å². The van der Waals surface area contributed by atoms with Crippen molar-refractivity contribution in [3.05, 3.63) is 53.1 Å². The number of likely N-dealkylation sites (N-methyl/N-ethyl adjacent to an activating group) is 1. The maximum Gasteiger partial charge on any atom is 0.150 e. The van der Waals surface area contributed by atoms with Gasteiger partial charge in [0.25, 0.3) is 0 Å². The Bertz CT molecular complexity index is 685. The molecule has 0 unspecified atom stereocenters. The van der Waals surface area contributed by atoms with Crippen LogP contribution in [0.25, 0.3) is 0 Å². The Balaban J connectivity index is 2.07. The molecule has 0 aromatic heterocycles. The third-order valence-electron chi connectivity index (χ3n) is 3.19. The summed E-state index contributed by atoms with van der Waals surface area (Å²) in [5, 5.41) is 7.08. The fourth-order valence-electron chi connectivity index (χ4n) is 2.15. The van der Waals surface area contributed by atoms with Gasteiger partial charge in [-0.1, -0.05) is 23.7 Å². The fraction of sp³-hybridized carbons (Fsp3) is 0.188. The van der Waals surface area contributed by atoms with Gasteiger partial charge in [0.2, 0.25) is 0 Å². The van der Waals surface area contributed by atoms with Crippen molar-refractivity contribution in [3.8, 4) is 11.5 Å². The number of nitrogens with one attached hydrogen (secondary N) is 2. The van der Waals surface area contributed by atoms with E-state index in [0.29, 0.717) is 11.6 Å². The minimum absolute atomic E-state index is 0.659. The first-order chi connectivity index (χ1) is 10.3. The van der Waals surface area contributed by atoms with Crippen molar-refractivity contribution in [2.45, 2.75) is 0 Å². The van der Waals surface area contributed by atoms with E-state index in [4.69, 9.17) is 16.3 Å². The molecule has 21 heavy (non-hydrogen) atoms. The number of halogens is 1. The second-order valence-corrected chi connectivity index (χ2v) is 5.13. The Morgan fingerprint density at radius 1 is 1.19 bits per heavy atom. The van der Waals surface area contributed by atoms with Crippen LogP contribution in [0, 0.1) is 0 Å². The van der Waals surface area contributed by atoms with Crippen LogP contribution in [0.2, 0.25) is 5.02 Å². The van der Waals surface area contributed by atoms with Gasteiger partial charge >= 0.3 is 0 Å². The highest BCUT2D eigenvalue weighted by molar-refractivity contribution is 6.31. The molecule has 1 aliphatic heterocycles. The molecular weight excluding hydrogens is 286 g/mol. The number of hydrogen-bond acceptors (Lipinski definition) is 3. The van der Waals surface area contributed by atoms with E-state index in [0.717, 1.165) is 35.1 Å². The maximum atomic E-state index is 6.12. The molecule has 0 atom stereocenters. The van der Waals surface area contributed by atoms with Gasteiger partial charge in [-0.2, -0.15) is 0 Å². The van der Waals surface area contributed by atoms with Crippen molar-refractivity contribution in [1.82, 2.24) is 5.32 Å². The highest BCUT2D eigenvalue weighted by Gasteiger charge is 2.19. The zero-order chi connectivity index (χ0) is 14.7. The molecule has 0 saturated heterocycles. The van der Waals surface area contributed by atoms with Crippen LogP contribution in [0.1, 0.15) is 5.56 Å². The van der Waals surface area contributed by atoms with Crippen LogP contribution in [-0.2, 0) is 0 Å². The number of anilines is 1. The summed E-state index contributed by atoms with van der Waals surface area (Å²) in [5.74, 6) is 2.30. The molecule has 5 heteroatoms. The smallest absolute Gasteiger partial charge is 0.150 e. The number of fused-ring (bicyclic) bond motifs is 2. The normalized spacial score (nSPS) is 14.7. The first-order valence-corrected chi connectivity index (χ1v) is 7.18. The zero-order valence-electron chi connectivity index (χ0n) is 11.7. The van der Waals surface area contributed by atoms with E-state index >= 15 is 0 Å². The van der Waals surface area contributed by atoms with Crippen LogP contribution in [0.5, 0.6) is 11.5 Å². The van der Waals surface area contributed by atoms with Gasteiger partial charge in [0.15, 0.2) is 5.75 Å². The van der Waals surface area contributed by atoms with Gasteiger partial charge in [0.05, 0.1) is 17.8 Å². The van der Waals surface area contributed by atoms with Crippen LogP contribution in [0.3, 0.4) is 0 Å². The molecule has 4 nitrogen and oxygen atoms in total. The Hall–Kier alpha value is -2.04. The molecular formula is C16H16ClN3O. The molecule has 0 bridgehead atoms. The number of hydrogen-bond donors (Lipinski definition) is 2. The van der Waals surface area contributed by atoms with Crippen molar-refractivity contribution >= 4 is 23.1 Å². The van der Waals surface area contributed by atoms with Crippen LogP contribution < -0.4 is 15.4 Å². The maximum absolute atomic E-state index is 6.12. The Morgan fingerprint density at radius 2 is 2.05 bits per heavy atom. The van der Waals surface area contributed by atoms with Gasteiger partial charge in [-0.15, -0.1) is 0 Å². The second kappa shape index (κ2) is 6.16. The highest BCUT2D eigenvalue weighted by Crippen LogP contribution is 2.36. The van der Waals surface area contributed by atoms with Crippen molar-refractivity contribution in [2.24, 2.45) is 4.99 Å². The molecule has 2 aromatic rings. The fourth-order valence-corrected chi connectivity index (χ4v) is 2.32. The molecule has 0 aliphatic carbocycles. The van der Waals surface area contributed by atoms with E-state index in [1.165, 1.54) is 0 Å². The summed E-state index contributed by atoms with van der Waals surface area (Å²) in [4.78, 5) is 4.62. The SMILES string of the molecule is CNCCN=C1Nc2ccccc2Oc2ccc(Cl)cc21. The van der Waals surface area contributed by atoms with E-state index in [9.17, 15) is 0 Å². The summed E-state index contributed by atoms with van der Waals surface area (Å²) in [5.41, 5.74) is 1.77. The number of amidine groups is 1. The van der Waals surface area contributed by atoms with Crippen LogP contribution >= 0.6 is 11.6 Å². The molecule has 0 radical (unpaired) electrons. The largest absolute Gasteiger partial charge is 0.454 e. The van der Waals surface area contributed by atoms with Gasteiger partial charge in [-0.25, -0.2) is 0 Å². The third kappa shape index (κ3) is 3.01. The molecule has 2 N–H and O–H groups in total. The lowest BCUT2D eigenvalue weighted by molar-refractivity contribution is 0.486. The molecule has 2 aromatic carbocycles. The molecule has 1 aliphatic rings. The molecule has 108 valence electrons. The summed E-state index contributed by atoms with van der Waals surface area (Å²) in [6, 6.07) is 13.4. The lowest BCUT2D eigenvalue weighted by Crippen LogP contribution is -2.17. The van der Waals surface area contributed by atoms with Crippen LogP contribution in [0.4, 0.5) is 5.69 Å². The molecule has 0 spiro atoms. The first-order valence-electron chi connectivity index (χ1n) is 6.81. The summed E-state index contributed by atoms with van der Waals surface area (Å²) < 4.78 is 5.98. The summed E-state index contributed by atoms with van der Waals surface area (Å²) >= 11 is 6.12. The quantitative estimate of drug-likeness (QED) is 0.853. The summed E-state index contributed by atoms with van der Waals surface area (Å²) in [7, 11) is 1.91. The lowest BCUT2D eigenvalue weighted by atomic mass is 10.2. The Kier molecular flexibility index (Phi) is 4.08. The predicted octanol–water partition coefficient (Wildman–Crippen LogP) is 3.52. The number of aliphatic imine (C=N–C) groups is 1. The number of ether oxygens (including phenoxy) is 1. The van der Waals surface area contributed by atoms with Gasteiger partial charge in [-0.3, -0.25) is 4.99 Å². The summed E-state index contributed by atoms with van der Waals surface area (Å²) in [6.07, 6.45) is 0. The first kappa shape index (κ1) is 13.9. The topological polar surface area (TPSA) is 45.7 Å². The van der Waals surface area contributed by atoms with E-state index in [-0.39, 0.29) is 0 Å². The molecule has 0 saturated carbocycles. The minimum atomic E-state index is 0.659. The Labute approximate surface area is 128 Å². The highest BCUT2D eigenvalue weighted by atomic mass is 35.5. The van der Waals surface area contributed by atoms with Gasteiger partial charge in [0.1, 0.15) is 11.6 Å². The number of para-hydroxylation sites is 2. The van der Waals surface area contributed by atoms with Crippen LogP contribution in [0.15, 0.2) is 47.5 Å². The second-order valence-electron chi connectivity index (χ2n) is 4.70. The average Bonchev–Trinajstić information content (AvgIpc) is 2.64. The van der Waals surface area contributed by atoms with Crippen molar-refractivity contribution in [2.75, 3.05) is 25.5 Å². The monoisotopic (exact) mass is 301 g/mol. The van der Waals surface area contributed by atoms with E-state index in [2.05, 4.69) is 15.6 Å². The van der Waals surface area contributed by atoms with Gasteiger partial charge in [-0.05, 0) is 37.4 Å². The minimum Gasteiger partial charge on any atom is -0.454 e. The standard InChI is InChI=1S/C16H16ClN3O/c1-18-8-9-19-16-12-10-11(17)6-7-14(12)21-15-5-3-2-4-13(15)20-16/h2-7,10,18H,8-9H2,1H3,(H,19,20). The molecule has 1 heterocycles. The molecule has 0 amide bonds. The predicted molar refractivity (Wildman–Crippen MR) is 86.9 cm³/mol. The zero-order valence-corrected chi connectivity index (χ0v) is 12.4. The van der Waals surface area contributed by atoms with Crippen LogP contribution in [-0.4, -0.2) is 26.0 Å². The third-order valence-corrected chi connectivity index (χ3v) is 3.42. The van der Waals surface area contributed by atoms with E-state index in [1.807, 2.05) is 49.5 Å². The van der Waals surface area contributed by atoms with Crippen molar-refractivity contribution in [3.63, 3.8) is 0 Å².